The summed E-state index contributed by atoms with van der Waals surface area (Å²) in [6.45, 7) is 7.10. The minimum atomic E-state index is -0.691. The maximum Gasteiger partial charge on any atom is 0.303 e. The lowest BCUT2D eigenvalue weighted by Gasteiger charge is -2.62. The average molecular weight is 391 g/mol. The van der Waals surface area contributed by atoms with Crippen LogP contribution in [0.25, 0.3) is 0 Å². The molecule has 4 rings (SSSR count). The van der Waals surface area contributed by atoms with E-state index in [9.17, 15) is 14.7 Å². The number of hydrogen-bond donors (Lipinski definition) is 2. The maximum atomic E-state index is 12.1. The Kier molecular flexibility index (Phi) is 5.17. The zero-order valence-corrected chi connectivity index (χ0v) is 17.8. The zero-order chi connectivity index (χ0) is 20.3. The predicted octanol–water partition coefficient (Wildman–Crippen LogP) is 4.69. The first kappa shape index (κ1) is 20.4. The van der Waals surface area contributed by atoms with E-state index >= 15 is 0 Å². The third-order valence-corrected chi connectivity index (χ3v) is 10.1. The van der Waals surface area contributed by atoms with E-state index < -0.39 is 5.97 Å². The molecule has 0 aliphatic heterocycles. The average Bonchev–Trinajstić information content (AvgIpc) is 2.98. The van der Waals surface area contributed by atoms with Crippen molar-refractivity contribution in [2.45, 2.75) is 91.1 Å². The molecule has 4 fully saturated rings. The van der Waals surface area contributed by atoms with Crippen LogP contribution in [0.4, 0.5) is 0 Å². The van der Waals surface area contributed by atoms with Gasteiger partial charge in [0, 0.05) is 19.3 Å². The maximum absolute atomic E-state index is 12.1. The van der Waals surface area contributed by atoms with E-state index in [1.807, 2.05) is 0 Å². The number of Topliss-reactive ketones (excluding diaryl/α,β-unsaturated/α-hetero) is 1. The van der Waals surface area contributed by atoms with Gasteiger partial charge in [-0.05, 0) is 91.3 Å². The number of aliphatic carboxylic acids is 1. The smallest absolute Gasteiger partial charge is 0.303 e. The predicted molar refractivity (Wildman–Crippen MR) is 108 cm³/mol. The molecule has 2 N–H and O–H groups in total. The van der Waals surface area contributed by atoms with E-state index in [4.69, 9.17) is 5.11 Å². The Morgan fingerprint density at radius 1 is 1.14 bits per heavy atom. The summed E-state index contributed by atoms with van der Waals surface area (Å²) in [5.74, 6) is 2.52. The van der Waals surface area contributed by atoms with Gasteiger partial charge in [0.05, 0.1) is 6.10 Å². The Morgan fingerprint density at radius 3 is 2.57 bits per heavy atom. The molecule has 4 aliphatic rings. The van der Waals surface area contributed by atoms with Crippen molar-refractivity contribution in [3.05, 3.63) is 0 Å². The highest BCUT2D eigenvalue weighted by atomic mass is 16.4. The number of carboxylic acids is 1. The van der Waals surface area contributed by atoms with Gasteiger partial charge in [-0.1, -0.05) is 20.8 Å². The van der Waals surface area contributed by atoms with Gasteiger partial charge in [-0.2, -0.15) is 0 Å². The normalized spacial score (nSPS) is 49.1. The molecule has 0 aromatic carbocycles. The van der Waals surface area contributed by atoms with E-state index in [-0.39, 0.29) is 23.4 Å². The fourth-order valence-corrected chi connectivity index (χ4v) is 8.54. The highest BCUT2D eigenvalue weighted by Gasteiger charge is 2.62. The Labute approximate surface area is 169 Å². The van der Waals surface area contributed by atoms with Gasteiger partial charge < -0.3 is 10.2 Å². The molecule has 28 heavy (non-hydrogen) atoms. The molecular formula is C24H38O4. The lowest BCUT2D eigenvalue weighted by molar-refractivity contribution is -0.169. The largest absolute Gasteiger partial charge is 0.481 e. The first-order valence-electron chi connectivity index (χ1n) is 11.6. The molecule has 4 heteroatoms. The van der Waals surface area contributed by atoms with E-state index in [0.717, 1.165) is 32.1 Å². The molecule has 0 saturated heterocycles. The van der Waals surface area contributed by atoms with Crippen molar-refractivity contribution < 1.29 is 19.8 Å². The summed E-state index contributed by atoms with van der Waals surface area (Å²) in [7, 11) is 0. The lowest BCUT2D eigenvalue weighted by Crippen LogP contribution is -2.58. The molecule has 0 aromatic rings. The SMILES string of the molecule is C[C@H](CCC(=O)O)[C@H]1CCC2[C@@H]3C(O)C[C@@H]4CC(=O)CC[C@]4(C)C3CC[C@@]21C. The number of carbonyl (C=O) groups excluding carboxylic acids is 1. The molecule has 9 atom stereocenters. The molecular weight excluding hydrogens is 352 g/mol. The zero-order valence-electron chi connectivity index (χ0n) is 17.8. The van der Waals surface area contributed by atoms with Gasteiger partial charge in [-0.3, -0.25) is 9.59 Å². The minimum Gasteiger partial charge on any atom is -0.481 e. The summed E-state index contributed by atoms with van der Waals surface area (Å²) < 4.78 is 0. The third kappa shape index (κ3) is 3.05. The molecule has 0 radical (unpaired) electrons. The monoisotopic (exact) mass is 390 g/mol. The summed E-state index contributed by atoms with van der Waals surface area (Å²) >= 11 is 0. The highest BCUT2D eigenvalue weighted by molar-refractivity contribution is 5.79. The second-order valence-corrected chi connectivity index (χ2v) is 11.2. The molecule has 0 heterocycles. The number of fused-ring (bicyclic) bond motifs is 5. The third-order valence-electron chi connectivity index (χ3n) is 10.1. The number of ketones is 1. The molecule has 4 nitrogen and oxygen atoms in total. The summed E-state index contributed by atoms with van der Waals surface area (Å²) in [4.78, 5) is 23.1. The second-order valence-electron chi connectivity index (χ2n) is 11.2. The Bertz CT molecular complexity index is 645. The number of aliphatic hydroxyl groups excluding tert-OH is 1. The van der Waals surface area contributed by atoms with Gasteiger partial charge in [0.1, 0.15) is 5.78 Å². The van der Waals surface area contributed by atoms with Crippen molar-refractivity contribution >= 4 is 11.8 Å². The van der Waals surface area contributed by atoms with Crippen molar-refractivity contribution in [3.8, 4) is 0 Å². The van der Waals surface area contributed by atoms with Crippen LogP contribution in [0, 0.1) is 46.3 Å². The van der Waals surface area contributed by atoms with Gasteiger partial charge in [0.2, 0.25) is 0 Å². The van der Waals surface area contributed by atoms with Crippen LogP contribution in [0.3, 0.4) is 0 Å². The van der Waals surface area contributed by atoms with Crippen molar-refractivity contribution in [1.82, 2.24) is 0 Å². The molecule has 3 unspecified atom stereocenters. The number of aliphatic hydroxyl groups is 1. The second kappa shape index (κ2) is 7.11. The topological polar surface area (TPSA) is 74.6 Å². The molecule has 0 amide bonds. The summed E-state index contributed by atoms with van der Waals surface area (Å²) in [5.41, 5.74) is 0.444. The van der Waals surface area contributed by atoms with Crippen LogP contribution in [0.1, 0.15) is 85.0 Å². The molecule has 0 bridgehead atoms. The van der Waals surface area contributed by atoms with Crippen molar-refractivity contribution in [3.63, 3.8) is 0 Å². The first-order valence-corrected chi connectivity index (χ1v) is 11.6. The van der Waals surface area contributed by atoms with Gasteiger partial charge in [0.25, 0.3) is 0 Å². The Balaban J connectivity index is 1.56. The molecule has 4 aliphatic carbocycles. The van der Waals surface area contributed by atoms with Gasteiger partial charge in [-0.15, -0.1) is 0 Å². The Morgan fingerprint density at radius 2 is 1.86 bits per heavy atom. The van der Waals surface area contributed by atoms with Gasteiger partial charge in [-0.25, -0.2) is 0 Å². The van der Waals surface area contributed by atoms with Crippen LogP contribution in [0.5, 0.6) is 0 Å². The van der Waals surface area contributed by atoms with Gasteiger partial charge in [0.15, 0.2) is 0 Å². The number of carboxylic acid groups (broad SMARTS) is 1. The number of carbonyl (C=O) groups is 2. The van der Waals surface area contributed by atoms with Crippen molar-refractivity contribution in [2.75, 3.05) is 0 Å². The molecule has 158 valence electrons. The minimum absolute atomic E-state index is 0.214. The van der Waals surface area contributed by atoms with E-state index in [2.05, 4.69) is 20.8 Å². The van der Waals surface area contributed by atoms with E-state index in [1.165, 1.54) is 19.3 Å². The number of rotatable bonds is 4. The fourth-order valence-electron chi connectivity index (χ4n) is 8.54. The molecule has 4 saturated carbocycles. The fraction of sp³-hybridized carbons (Fsp3) is 0.917. The number of hydrogen-bond acceptors (Lipinski definition) is 3. The Hall–Kier alpha value is -0.900. The van der Waals surface area contributed by atoms with Gasteiger partial charge >= 0.3 is 5.97 Å². The van der Waals surface area contributed by atoms with E-state index in [0.29, 0.717) is 47.7 Å². The van der Waals surface area contributed by atoms with Crippen LogP contribution in [0.15, 0.2) is 0 Å². The standard InChI is InChI=1S/C24H38O4/c1-14(4-7-21(27)28)17-5-6-18-22-19(9-11-24(17,18)3)23(2)10-8-16(25)12-15(23)13-20(22)26/h14-15,17-20,22,26H,4-13H2,1-3H3,(H,27,28)/t14-,15+,17-,18?,19?,20?,22+,23+,24-/m1/s1. The molecule has 0 spiro atoms. The van der Waals surface area contributed by atoms with Crippen LogP contribution in [-0.4, -0.2) is 28.1 Å². The van der Waals surface area contributed by atoms with E-state index in [1.54, 1.807) is 0 Å². The summed E-state index contributed by atoms with van der Waals surface area (Å²) in [6.07, 6.45) is 8.68. The summed E-state index contributed by atoms with van der Waals surface area (Å²) in [6, 6.07) is 0. The van der Waals surface area contributed by atoms with Crippen LogP contribution in [-0.2, 0) is 9.59 Å². The first-order chi connectivity index (χ1) is 13.2. The summed E-state index contributed by atoms with van der Waals surface area (Å²) in [5, 5.41) is 20.3. The van der Waals surface area contributed by atoms with Crippen molar-refractivity contribution in [2.24, 2.45) is 46.3 Å². The quantitative estimate of drug-likeness (QED) is 0.730. The lowest BCUT2D eigenvalue weighted by atomic mass is 9.44. The highest BCUT2D eigenvalue weighted by Crippen LogP contribution is 2.68. The van der Waals surface area contributed by atoms with Crippen molar-refractivity contribution in [1.29, 1.82) is 0 Å². The molecule has 0 aromatic heterocycles. The van der Waals surface area contributed by atoms with Crippen LogP contribution < -0.4 is 0 Å². The van der Waals surface area contributed by atoms with Crippen LogP contribution >= 0.6 is 0 Å². The van der Waals surface area contributed by atoms with Crippen LogP contribution in [0.2, 0.25) is 0 Å².